The summed E-state index contributed by atoms with van der Waals surface area (Å²) >= 11 is 0. The minimum atomic E-state index is 0.481. The van der Waals surface area contributed by atoms with E-state index < -0.39 is 0 Å². The second kappa shape index (κ2) is 9.01. The lowest BCUT2D eigenvalue weighted by molar-refractivity contribution is 0.294. The average molecular weight is 158 g/mol. The van der Waals surface area contributed by atoms with Crippen molar-refractivity contribution < 1.29 is 4.74 Å². The van der Waals surface area contributed by atoms with Gasteiger partial charge in [-0.25, -0.2) is 0 Å². The van der Waals surface area contributed by atoms with Crippen LogP contribution in [-0.2, 0) is 4.74 Å². The third-order valence-electron chi connectivity index (χ3n) is 0.931. The van der Waals surface area contributed by atoms with E-state index in [1.165, 1.54) is 0 Å². The van der Waals surface area contributed by atoms with E-state index in [0.29, 0.717) is 5.84 Å². The van der Waals surface area contributed by atoms with Crippen LogP contribution in [0, 0.1) is 0 Å². The van der Waals surface area contributed by atoms with Gasteiger partial charge in [-0.1, -0.05) is 13.8 Å². The minimum absolute atomic E-state index is 0.481. The van der Waals surface area contributed by atoms with E-state index in [2.05, 4.69) is 4.99 Å². The molecule has 0 aromatic heterocycles. The Balaban J connectivity index is 0. The summed E-state index contributed by atoms with van der Waals surface area (Å²) in [4.78, 5) is 3.71. The number of hydrogen-bond donors (Lipinski definition) is 1. The summed E-state index contributed by atoms with van der Waals surface area (Å²) in [5, 5.41) is 0. The van der Waals surface area contributed by atoms with Crippen LogP contribution in [0.25, 0.3) is 0 Å². The van der Waals surface area contributed by atoms with Gasteiger partial charge in [-0.05, 0) is 6.92 Å². The quantitative estimate of drug-likeness (QED) is 0.376. The third kappa shape index (κ3) is 9.01. The maximum Gasteiger partial charge on any atom is 0.121 e. The molecule has 11 heavy (non-hydrogen) atoms. The van der Waals surface area contributed by atoms with Crippen molar-refractivity contribution in [1.82, 2.24) is 0 Å². The molecule has 0 aliphatic heterocycles. The highest BCUT2D eigenvalue weighted by molar-refractivity contribution is 5.91. The van der Waals surface area contributed by atoms with Crippen LogP contribution >= 0.6 is 0 Å². The SMILES string of the molecule is CC.CN=C(N)/C=C(\C)OC. The summed E-state index contributed by atoms with van der Waals surface area (Å²) < 4.78 is 4.82. The van der Waals surface area contributed by atoms with Crippen molar-refractivity contribution in [2.45, 2.75) is 20.8 Å². The van der Waals surface area contributed by atoms with Crippen molar-refractivity contribution in [2.75, 3.05) is 14.2 Å². The Morgan fingerprint density at radius 2 is 1.91 bits per heavy atom. The molecule has 0 radical (unpaired) electrons. The van der Waals surface area contributed by atoms with E-state index in [4.69, 9.17) is 10.5 Å². The number of methoxy groups -OCH3 is 1. The first kappa shape index (κ1) is 12.7. The van der Waals surface area contributed by atoms with Gasteiger partial charge in [0.25, 0.3) is 0 Å². The molecule has 0 fully saturated rings. The first-order valence-corrected chi connectivity index (χ1v) is 3.65. The van der Waals surface area contributed by atoms with Gasteiger partial charge in [-0.2, -0.15) is 0 Å². The summed E-state index contributed by atoms with van der Waals surface area (Å²) in [5.41, 5.74) is 5.34. The zero-order valence-corrected chi connectivity index (χ0v) is 8.01. The fraction of sp³-hybridized carbons (Fsp3) is 0.625. The smallest absolute Gasteiger partial charge is 0.121 e. The Morgan fingerprint density at radius 1 is 1.45 bits per heavy atom. The van der Waals surface area contributed by atoms with Crippen LogP contribution in [0.2, 0.25) is 0 Å². The number of ether oxygens (including phenoxy) is 1. The molecular formula is C8H18N2O. The molecule has 3 nitrogen and oxygen atoms in total. The van der Waals surface area contributed by atoms with Crippen LogP contribution in [0.15, 0.2) is 16.8 Å². The largest absolute Gasteiger partial charge is 0.501 e. The molecule has 0 unspecified atom stereocenters. The Morgan fingerprint density at radius 3 is 2.18 bits per heavy atom. The molecule has 0 aliphatic rings. The van der Waals surface area contributed by atoms with Crippen LogP contribution < -0.4 is 5.73 Å². The maximum atomic E-state index is 5.34. The van der Waals surface area contributed by atoms with Crippen molar-refractivity contribution in [3.05, 3.63) is 11.8 Å². The van der Waals surface area contributed by atoms with Gasteiger partial charge >= 0.3 is 0 Å². The third-order valence-corrected chi connectivity index (χ3v) is 0.931. The molecule has 2 N–H and O–H groups in total. The maximum absolute atomic E-state index is 5.34. The van der Waals surface area contributed by atoms with Gasteiger partial charge in [-0.15, -0.1) is 0 Å². The van der Waals surface area contributed by atoms with E-state index in [1.807, 2.05) is 20.8 Å². The predicted molar refractivity (Wildman–Crippen MR) is 49.7 cm³/mol. The fourth-order valence-corrected chi connectivity index (χ4v) is 0.332. The average Bonchev–Trinajstić information content (AvgIpc) is 2.07. The normalized spacial score (nSPS) is 11.7. The first-order valence-electron chi connectivity index (χ1n) is 3.65. The lowest BCUT2D eigenvalue weighted by Crippen LogP contribution is -2.08. The predicted octanol–water partition coefficient (Wildman–Crippen LogP) is 1.55. The van der Waals surface area contributed by atoms with Crippen molar-refractivity contribution in [3.63, 3.8) is 0 Å². The number of nitrogens with zero attached hydrogens (tertiary/aromatic N) is 1. The number of nitrogens with two attached hydrogens (primary N) is 1. The summed E-state index contributed by atoms with van der Waals surface area (Å²) in [5.74, 6) is 1.24. The van der Waals surface area contributed by atoms with Gasteiger partial charge in [0.1, 0.15) is 5.84 Å². The highest BCUT2D eigenvalue weighted by atomic mass is 16.5. The number of hydrogen-bond acceptors (Lipinski definition) is 2. The van der Waals surface area contributed by atoms with E-state index >= 15 is 0 Å². The fourth-order valence-electron chi connectivity index (χ4n) is 0.332. The molecule has 3 heteroatoms. The molecule has 0 saturated carbocycles. The Bertz CT molecular complexity index is 139. The number of amidine groups is 1. The van der Waals surface area contributed by atoms with Gasteiger partial charge < -0.3 is 10.5 Å². The molecule has 0 aromatic carbocycles. The molecule has 0 amide bonds. The standard InChI is InChI=1S/C6H12N2O.C2H6/c1-5(9-3)4-6(7)8-2;1-2/h4H,1-3H3,(H2,7,8);1-2H3/b5-4+;. The number of rotatable bonds is 2. The highest BCUT2D eigenvalue weighted by Gasteiger charge is 1.85. The molecule has 0 spiro atoms. The molecule has 0 heterocycles. The van der Waals surface area contributed by atoms with Gasteiger partial charge in [0.05, 0.1) is 12.9 Å². The van der Waals surface area contributed by atoms with Crippen molar-refractivity contribution >= 4 is 5.84 Å². The van der Waals surface area contributed by atoms with Crippen molar-refractivity contribution in [2.24, 2.45) is 10.7 Å². The molecular weight excluding hydrogens is 140 g/mol. The Hall–Kier alpha value is -0.990. The van der Waals surface area contributed by atoms with Gasteiger partial charge in [-0.3, -0.25) is 4.99 Å². The van der Waals surface area contributed by atoms with Gasteiger partial charge in [0.15, 0.2) is 0 Å². The molecule has 0 aliphatic carbocycles. The van der Waals surface area contributed by atoms with Crippen LogP contribution in [0.1, 0.15) is 20.8 Å². The highest BCUT2D eigenvalue weighted by Crippen LogP contribution is 1.89. The lowest BCUT2D eigenvalue weighted by atomic mass is 10.4. The molecule has 66 valence electrons. The monoisotopic (exact) mass is 158 g/mol. The van der Waals surface area contributed by atoms with Crippen molar-refractivity contribution in [1.29, 1.82) is 0 Å². The lowest BCUT2D eigenvalue weighted by Gasteiger charge is -1.96. The minimum Gasteiger partial charge on any atom is -0.501 e. The number of allylic oxidation sites excluding steroid dienone is 1. The van der Waals surface area contributed by atoms with Crippen LogP contribution in [0.4, 0.5) is 0 Å². The van der Waals surface area contributed by atoms with Gasteiger partial charge in [0.2, 0.25) is 0 Å². The van der Waals surface area contributed by atoms with Crippen LogP contribution in [-0.4, -0.2) is 20.0 Å². The Labute approximate surface area is 69.0 Å². The number of aliphatic imine (C=N–C) groups is 1. The summed E-state index contributed by atoms with van der Waals surface area (Å²) in [6.45, 7) is 5.82. The second-order valence-electron chi connectivity index (χ2n) is 1.61. The van der Waals surface area contributed by atoms with E-state index in [-0.39, 0.29) is 0 Å². The van der Waals surface area contributed by atoms with Crippen LogP contribution in [0.5, 0.6) is 0 Å². The summed E-state index contributed by atoms with van der Waals surface area (Å²) in [6.07, 6.45) is 1.67. The van der Waals surface area contributed by atoms with E-state index in [0.717, 1.165) is 5.76 Å². The van der Waals surface area contributed by atoms with E-state index in [1.54, 1.807) is 20.2 Å². The molecule has 0 aromatic rings. The molecule has 0 saturated heterocycles. The molecule has 0 rings (SSSR count). The molecule has 0 bridgehead atoms. The van der Waals surface area contributed by atoms with Crippen LogP contribution in [0.3, 0.4) is 0 Å². The van der Waals surface area contributed by atoms with E-state index in [9.17, 15) is 0 Å². The first-order chi connectivity index (χ1) is 5.20. The Kier molecular flexibility index (Phi) is 10.4. The zero-order chi connectivity index (χ0) is 9.28. The summed E-state index contributed by atoms with van der Waals surface area (Å²) in [6, 6.07) is 0. The summed E-state index contributed by atoms with van der Waals surface area (Å²) in [7, 11) is 3.23. The van der Waals surface area contributed by atoms with Crippen molar-refractivity contribution in [3.8, 4) is 0 Å². The second-order valence-corrected chi connectivity index (χ2v) is 1.61. The topological polar surface area (TPSA) is 47.6 Å². The zero-order valence-electron chi connectivity index (χ0n) is 8.01. The van der Waals surface area contributed by atoms with Gasteiger partial charge in [0, 0.05) is 13.1 Å². The molecule has 0 atom stereocenters.